The Bertz CT molecular complexity index is 528. The highest BCUT2D eigenvalue weighted by Crippen LogP contribution is 2.08. The SMILES string of the molecule is CCC(O)CN1CCCN(CC(O)CC)CCN(CC(O)CC)CCCN(C(=O)OC)CCC1. The summed E-state index contributed by atoms with van der Waals surface area (Å²) in [6.45, 7) is 14.1. The second kappa shape index (κ2) is 18.3. The number of amides is 1. The number of aliphatic hydroxyl groups is 3. The van der Waals surface area contributed by atoms with Crippen molar-refractivity contribution in [3.63, 3.8) is 0 Å². The van der Waals surface area contributed by atoms with Gasteiger partial charge >= 0.3 is 6.09 Å². The van der Waals surface area contributed by atoms with Gasteiger partial charge in [0.05, 0.1) is 25.4 Å². The maximum absolute atomic E-state index is 12.3. The first-order chi connectivity index (χ1) is 16.3. The molecule has 9 heteroatoms. The number of nitrogens with zero attached hydrogens (tertiary/aromatic N) is 4. The molecule has 1 aliphatic rings. The Hall–Kier alpha value is -0.970. The van der Waals surface area contributed by atoms with Crippen molar-refractivity contribution in [1.82, 2.24) is 19.6 Å². The molecule has 1 heterocycles. The van der Waals surface area contributed by atoms with E-state index in [1.807, 2.05) is 20.8 Å². The first kappa shape index (κ1) is 31.1. The second-order valence-electron chi connectivity index (χ2n) is 9.61. The molecule has 1 aliphatic heterocycles. The molecule has 9 nitrogen and oxygen atoms in total. The van der Waals surface area contributed by atoms with E-state index in [-0.39, 0.29) is 24.4 Å². The zero-order valence-electron chi connectivity index (χ0n) is 22.2. The molecule has 0 aromatic heterocycles. The van der Waals surface area contributed by atoms with Crippen LogP contribution in [-0.4, -0.2) is 138 Å². The van der Waals surface area contributed by atoms with Gasteiger partial charge in [0, 0.05) is 45.8 Å². The van der Waals surface area contributed by atoms with Gasteiger partial charge in [0.15, 0.2) is 0 Å². The molecule has 1 amide bonds. The molecular weight excluding hydrogens is 436 g/mol. The molecule has 3 unspecified atom stereocenters. The minimum absolute atomic E-state index is 0.302. The van der Waals surface area contributed by atoms with Crippen LogP contribution < -0.4 is 0 Å². The van der Waals surface area contributed by atoms with Crippen molar-refractivity contribution in [2.75, 3.05) is 79.1 Å². The van der Waals surface area contributed by atoms with Crippen LogP contribution in [0.1, 0.15) is 59.3 Å². The van der Waals surface area contributed by atoms with Crippen LogP contribution in [0.25, 0.3) is 0 Å². The highest BCUT2D eigenvalue weighted by Gasteiger charge is 2.19. The lowest BCUT2D eigenvalue weighted by Gasteiger charge is -2.31. The van der Waals surface area contributed by atoms with Gasteiger partial charge in [0.1, 0.15) is 0 Å². The number of β-amino-alcohol motifs (C(OH)–C–C–N with tert-alkyl or cyclic N) is 3. The lowest BCUT2D eigenvalue weighted by atomic mass is 10.2. The van der Waals surface area contributed by atoms with Crippen LogP contribution in [0.4, 0.5) is 4.79 Å². The van der Waals surface area contributed by atoms with E-state index in [9.17, 15) is 20.1 Å². The molecule has 0 bridgehead atoms. The van der Waals surface area contributed by atoms with Gasteiger partial charge in [-0.15, -0.1) is 0 Å². The van der Waals surface area contributed by atoms with Crippen LogP contribution in [-0.2, 0) is 4.74 Å². The van der Waals surface area contributed by atoms with Crippen LogP contribution in [0.3, 0.4) is 0 Å². The molecule has 0 radical (unpaired) electrons. The second-order valence-corrected chi connectivity index (χ2v) is 9.61. The molecule has 3 N–H and O–H groups in total. The van der Waals surface area contributed by atoms with Gasteiger partial charge in [-0.3, -0.25) is 9.80 Å². The Morgan fingerprint density at radius 3 is 1.29 bits per heavy atom. The van der Waals surface area contributed by atoms with E-state index in [2.05, 4.69) is 14.7 Å². The summed E-state index contributed by atoms with van der Waals surface area (Å²) in [5.41, 5.74) is 0. The number of carbonyl (C=O) groups is 1. The Balaban J connectivity index is 2.95. The van der Waals surface area contributed by atoms with E-state index in [1.165, 1.54) is 7.11 Å². The lowest BCUT2D eigenvalue weighted by molar-refractivity contribution is 0.0770. The Labute approximate surface area is 207 Å². The first-order valence-electron chi connectivity index (χ1n) is 13.4. The molecule has 202 valence electrons. The zero-order chi connectivity index (χ0) is 25.3. The lowest BCUT2D eigenvalue weighted by Crippen LogP contribution is -2.43. The van der Waals surface area contributed by atoms with Gasteiger partial charge in [-0.05, 0) is 64.7 Å². The summed E-state index contributed by atoms with van der Waals surface area (Å²) < 4.78 is 5.01. The average molecular weight is 489 g/mol. The van der Waals surface area contributed by atoms with Crippen molar-refractivity contribution in [2.45, 2.75) is 77.6 Å². The molecule has 0 saturated carbocycles. The van der Waals surface area contributed by atoms with Gasteiger partial charge in [-0.2, -0.15) is 0 Å². The molecule has 1 rings (SSSR count). The molecular formula is C25H52N4O5. The highest BCUT2D eigenvalue weighted by atomic mass is 16.5. The summed E-state index contributed by atoms with van der Waals surface area (Å²) >= 11 is 0. The molecule has 0 aromatic carbocycles. The normalized spacial score (nSPS) is 21.9. The molecule has 0 aromatic rings. The third-order valence-corrected chi connectivity index (χ3v) is 6.74. The minimum atomic E-state index is -0.368. The first-order valence-corrected chi connectivity index (χ1v) is 13.4. The number of rotatable bonds is 9. The fraction of sp³-hybridized carbons (Fsp3) is 0.960. The monoisotopic (exact) mass is 488 g/mol. The number of ether oxygens (including phenoxy) is 1. The molecule has 1 saturated heterocycles. The van der Waals surface area contributed by atoms with E-state index < -0.39 is 0 Å². The topological polar surface area (TPSA) is 100.0 Å². The van der Waals surface area contributed by atoms with Crippen molar-refractivity contribution in [3.8, 4) is 0 Å². The summed E-state index contributed by atoms with van der Waals surface area (Å²) in [7, 11) is 1.42. The summed E-state index contributed by atoms with van der Waals surface area (Å²) in [5, 5.41) is 30.8. The number of hydrogen-bond donors (Lipinski definition) is 3. The van der Waals surface area contributed by atoms with Crippen LogP contribution in [0.15, 0.2) is 0 Å². The number of hydrogen-bond acceptors (Lipinski definition) is 8. The van der Waals surface area contributed by atoms with Gasteiger partial charge in [-0.1, -0.05) is 20.8 Å². The maximum Gasteiger partial charge on any atom is 0.409 e. The highest BCUT2D eigenvalue weighted by molar-refractivity contribution is 5.67. The molecule has 34 heavy (non-hydrogen) atoms. The van der Waals surface area contributed by atoms with Crippen molar-refractivity contribution >= 4 is 6.09 Å². The number of aliphatic hydroxyl groups excluding tert-OH is 3. The smallest absolute Gasteiger partial charge is 0.409 e. The third-order valence-electron chi connectivity index (χ3n) is 6.74. The standard InChI is InChI=1S/C25H52N4O5/c1-5-22(30)19-26-11-8-12-27(20-23(31)6-2)17-18-28(21-24(32)7-3)14-10-16-29(15-9-13-26)25(33)34-4/h22-24,30-32H,5-21H2,1-4H3. The Morgan fingerprint density at radius 1 is 0.647 bits per heavy atom. The zero-order valence-corrected chi connectivity index (χ0v) is 22.2. The van der Waals surface area contributed by atoms with Gasteiger partial charge in [-0.25, -0.2) is 4.79 Å². The minimum Gasteiger partial charge on any atom is -0.453 e. The van der Waals surface area contributed by atoms with Crippen molar-refractivity contribution in [2.24, 2.45) is 0 Å². The van der Waals surface area contributed by atoms with Crippen LogP contribution in [0.2, 0.25) is 0 Å². The predicted molar refractivity (Wildman–Crippen MR) is 136 cm³/mol. The summed E-state index contributed by atoms with van der Waals surface area (Å²) in [6, 6.07) is 0. The average Bonchev–Trinajstić information content (AvgIpc) is 2.84. The van der Waals surface area contributed by atoms with Gasteiger partial charge < -0.3 is 29.9 Å². The van der Waals surface area contributed by atoms with Gasteiger partial charge in [0.2, 0.25) is 0 Å². The molecule has 1 fully saturated rings. The maximum atomic E-state index is 12.3. The summed E-state index contributed by atoms with van der Waals surface area (Å²) in [4.78, 5) is 21.0. The Morgan fingerprint density at radius 2 is 0.971 bits per heavy atom. The summed E-state index contributed by atoms with van der Waals surface area (Å²) in [6.07, 6.45) is 3.37. The van der Waals surface area contributed by atoms with Gasteiger partial charge in [0.25, 0.3) is 0 Å². The van der Waals surface area contributed by atoms with E-state index in [0.717, 1.165) is 71.4 Å². The molecule has 0 spiro atoms. The fourth-order valence-corrected chi connectivity index (χ4v) is 4.36. The third kappa shape index (κ3) is 13.2. The molecule has 3 atom stereocenters. The van der Waals surface area contributed by atoms with E-state index >= 15 is 0 Å². The van der Waals surface area contributed by atoms with E-state index in [0.29, 0.717) is 39.1 Å². The van der Waals surface area contributed by atoms with Crippen LogP contribution >= 0.6 is 0 Å². The number of carbonyl (C=O) groups excluding carboxylic acids is 1. The number of methoxy groups -OCH3 is 1. The van der Waals surface area contributed by atoms with E-state index in [4.69, 9.17) is 4.74 Å². The van der Waals surface area contributed by atoms with Crippen molar-refractivity contribution in [1.29, 1.82) is 0 Å². The largest absolute Gasteiger partial charge is 0.453 e. The van der Waals surface area contributed by atoms with Crippen LogP contribution in [0, 0.1) is 0 Å². The van der Waals surface area contributed by atoms with E-state index in [1.54, 1.807) is 4.90 Å². The van der Waals surface area contributed by atoms with Crippen LogP contribution in [0.5, 0.6) is 0 Å². The van der Waals surface area contributed by atoms with Crippen molar-refractivity contribution in [3.05, 3.63) is 0 Å². The summed E-state index contributed by atoms with van der Waals surface area (Å²) in [5.74, 6) is 0. The molecule has 0 aliphatic carbocycles. The van der Waals surface area contributed by atoms with Crippen molar-refractivity contribution < 1.29 is 24.9 Å². The quantitative estimate of drug-likeness (QED) is 0.449. The predicted octanol–water partition coefficient (Wildman–Crippen LogP) is 1.46. The fourth-order valence-electron chi connectivity index (χ4n) is 4.36. The Kier molecular flexibility index (Phi) is 16.7.